The van der Waals surface area contributed by atoms with Gasteiger partial charge in [0.05, 0.1) is 34.9 Å². The Hall–Kier alpha value is -3.65. The van der Waals surface area contributed by atoms with E-state index in [0.29, 0.717) is 27.2 Å². The van der Waals surface area contributed by atoms with Crippen LogP contribution in [-0.2, 0) is 6.54 Å². The summed E-state index contributed by atoms with van der Waals surface area (Å²) in [6, 6.07) is 1.28. The van der Waals surface area contributed by atoms with Crippen molar-refractivity contribution in [2.24, 2.45) is 5.14 Å². The second-order valence-corrected chi connectivity index (χ2v) is 9.82. The molecule has 1 aliphatic carbocycles. The predicted molar refractivity (Wildman–Crippen MR) is 136 cm³/mol. The van der Waals surface area contributed by atoms with E-state index in [1.165, 1.54) is 6.33 Å². The molecule has 1 atom stereocenters. The van der Waals surface area contributed by atoms with Crippen LogP contribution < -0.4 is 16.0 Å². The Bertz CT molecular complexity index is 1570. The van der Waals surface area contributed by atoms with Gasteiger partial charge in [-0.05, 0) is 57.7 Å². The molecule has 3 N–H and O–H groups in total. The molecule has 0 bridgehead atoms. The molecule has 1 aliphatic rings. The summed E-state index contributed by atoms with van der Waals surface area (Å²) in [5.74, 6) is 0.130. The molecule has 14 heteroatoms. The zero-order chi connectivity index (χ0) is 27.2. The summed E-state index contributed by atoms with van der Waals surface area (Å²) >= 11 is 1.03. The number of aryl methyl sites for hydroxylation is 2. The van der Waals surface area contributed by atoms with Crippen molar-refractivity contribution in [1.82, 2.24) is 34.5 Å². The molecule has 0 aromatic carbocycles. The molecule has 1 unspecified atom stereocenters. The topological polar surface area (TPSA) is 137 Å². The zero-order valence-electron chi connectivity index (χ0n) is 20.7. The molecule has 10 nitrogen and oxygen atoms in total. The van der Waals surface area contributed by atoms with Crippen molar-refractivity contribution in [3.63, 3.8) is 0 Å². The predicted octanol–water partition coefficient (Wildman–Crippen LogP) is 4.23. The molecule has 1 fully saturated rings. The molecule has 0 aliphatic heterocycles. The number of hydrogen-bond acceptors (Lipinski definition) is 10. The van der Waals surface area contributed by atoms with E-state index in [1.54, 1.807) is 32.2 Å². The van der Waals surface area contributed by atoms with Crippen LogP contribution in [0.3, 0.4) is 0 Å². The van der Waals surface area contributed by atoms with Crippen LogP contribution in [0, 0.1) is 13.8 Å². The van der Waals surface area contributed by atoms with E-state index in [2.05, 4.69) is 35.2 Å². The molecular weight excluding hydrogens is 519 g/mol. The molecule has 0 radical (unpaired) electrons. The number of nitrogens with zero attached hydrogens (tertiary/aromatic N) is 7. The van der Waals surface area contributed by atoms with Crippen LogP contribution in [0.15, 0.2) is 34.3 Å². The molecule has 4 heterocycles. The van der Waals surface area contributed by atoms with Gasteiger partial charge >= 0.3 is 6.18 Å². The standard InChI is InChI=1S/C24H24F3N9OS/c1-11-17(19(14-4-5-14)32-10-31-11)20-33-12(2)18-22(35-20)36(13(3)24(25,26)27)23(37)21(34-18)30-8-15-6-7-16(38-28)9-29-15/h6-7,9-10,13-14H,4-5,8,28H2,1-3H3,(H,30,34). The summed E-state index contributed by atoms with van der Waals surface area (Å²) in [6.45, 7) is 4.37. The lowest BCUT2D eigenvalue weighted by Crippen LogP contribution is -2.35. The number of alkyl halides is 3. The first-order chi connectivity index (χ1) is 18.1. The Morgan fingerprint density at radius 3 is 2.53 bits per heavy atom. The first-order valence-electron chi connectivity index (χ1n) is 11.8. The lowest BCUT2D eigenvalue weighted by atomic mass is 10.1. The molecule has 0 amide bonds. The summed E-state index contributed by atoms with van der Waals surface area (Å²) in [5.41, 5.74) is 1.73. The van der Waals surface area contributed by atoms with Gasteiger partial charge in [-0.2, -0.15) is 13.2 Å². The smallest absolute Gasteiger partial charge is 0.360 e. The zero-order valence-corrected chi connectivity index (χ0v) is 21.6. The van der Waals surface area contributed by atoms with Crippen LogP contribution in [0.1, 0.15) is 54.5 Å². The van der Waals surface area contributed by atoms with Gasteiger partial charge in [0.1, 0.15) is 17.9 Å². The van der Waals surface area contributed by atoms with Crippen LogP contribution >= 0.6 is 11.9 Å². The van der Waals surface area contributed by atoms with Gasteiger partial charge in [-0.1, -0.05) is 0 Å². The van der Waals surface area contributed by atoms with Crippen molar-refractivity contribution in [1.29, 1.82) is 0 Å². The van der Waals surface area contributed by atoms with Crippen LogP contribution in [0.5, 0.6) is 0 Å². The Labute approximate surface area is 219 Å². The summed E-state index contributed by atoms with van der Waals surface area (Å²) in [7, 11) is 0. The third-order valence-corrected chi connectivity index (χ3v) is 6.91. The number of hydrogen-bond donors (Lipinski definition) is 2. The fourth-order valence-corrected chi connectivity index (χ4v) is 4.41. The minimum absolute atomic E-state index is 0.0624. The van der Waals surface area contributed by atoms with Gasteiger partial charge < -0.3 is 5.32 Å². The lowest BCUT2D eigenvalue weighted by Gasteiger charge is -2.22. The summed E-state index contributed by atoms with van der Waals surface area (Å²) < 4.78 is 42.6. The Kier molecular flexibility index (Phi) is 6.77. The number of aromatic nitrogens is 7. The Morgan fingerprint density at radius 2 is 1.89 bits per heavy atom. The fourth-order valence-electron chi connectivity index (χ4n) is 4.15. The Balaban J connectivity index is 1.66. The SMILES string of the molecule is Cc1ncnc(C2CC2)c1-c1nc(C)c2nc(NCc3ccc(SN)cn3)c(=O)n(C(C)C(F)(F)F)c2n1. The third-order valence-electron chi connectivity index (χ3n) is 6.40. The van der Waals surface area contributed by atoms with Gasteiger partial charge in [0.2, 0.25) is 0 Å². The fraction of sp³-hybridized carbons (Fsp3) is 0.375. The van der Waals surface area contributed by atoms with E-state index in [4.69, 9.17) is 5.14 Å². The molecule has 0 saturated heterocycles. The molecule has 4 aromatic rings. The highest BCUT2D eigenvalue weighted by Crippen LogP contribution is 2.43. The maximum Gasteiger partial charge on any atom is 0.409 e. The number of pyridine rings is 1. The average Bonchev–Trinajstić information content (AvgIpc) is 3.72. The van der Waals surface area contributed by atoms with Crippen molar-refractivity contribution in [3.05, 3.63) is 57.8 Å². The first-order valence-corrected chi connectivity index (χ1v) is 12.7. The number of rotatable bonds is 7. The molecule has 1 saturated carbocycles. The number of nitrogens with two attached hydrogens (primary N) is 1. The van der Waals surface area contributed by atoms with E-state index >= 15 is 0 Å². The normalized spacial score (nSPS) is 14.6. The molecule has 0 spiro atoms. The molecule has 4 aromatic heterocycles. The lowest BCUT2D eigenvalue weighted by molar-refractivity contribution is -0.162. The van der Waals surface area contributed by atoms with Crippen molar-refractivity contribution in [2.45, 2.75) is 63.2 Å². The molecule has 5 rings (SSSR count). The Morgan fingerprint density at radius 1 is 1.13 bits per heavy atom. The summed E-state index contributed by atoms with van der Waals surface area (Å²) in [5, 5.41) is 8.34. The highest BCUT2D eigenvalue weighted by Gasteiger charge is 2.40. The largest absolute Gasteiger partial charge is 0.409 e. The van der Waals surface area contributed by atoms with E-state index in [9.17, 15) is 18.0 Å². The second kappa shape index (κ2) is 9.91. The van der Waals surface area contributed by atoms with Gasteiger partial charge in [-0.3, -0.25) is 19.5 Å². The molecular formula is C24H24F3N9OS. The van der Waals surface area contributed by atoms with Gasteiger partial charge in [-0.25, -0.2) is 24.9 Å². The first kappa shape index (κ1) is 26.0. The van der Waals surface area contributed by atoms with Gasteiger partial charge in [0.25, 0.3) is 5.56 Å². The molecule has 198 valence electrons. The van der Waals surface area contributed by atoms with Gasteiger partial charge in [-0.15, -0.1) is 0 Å². The maximum absolute atomic E-state index is 14.0. The summed E-state index contributed by atoms with van der Waals surface area (Å²) in [6.07, 6.45) is 0.204. The third kappa shape index (κ3) is 4.92. The van der Waals surface area contributed by atoms with Crippen molar-refractivity contribution in [2.75, 3.05) is 5.32 Å². The van der Waals surface area contributed by atoms with Crippen molar-refractivity contribution < 1.29 is 13.2 Å². The monoisotopic (exact) mass is 543 g/mol. The van der Waals surface area contributed by atoms with E-state index in [1.807, 2.05) is 0 Å². The quantitative estimate of drug-likeness (QED) is 0.326. The molecule has 38 heavy (non-hydrogen) atoms. The summed E-state index contributed by atoms with van der Waals surface area (Å²) in [4.78, 5) is 40.4. The number of fused-ring (bicyclic) bond motifs is 1. The minimum atomic E-state index is -4.71. The number of anilines is 1. The number of nitrogens with one attached hydrogen (secondary N) is 1. The van der Waals surface area contributed by atoms with E-state index < -0.39 is 17.8 Å². The van der Waals surface area contributed by atoms with Crippen LogP contribution in [0.25, 0.3) is 22.6 Å². The van der Waals surface area contributed by atoms with Crippen molar-refractivity contribution >= 4 is 28.9 Å². The minimum Gasteiger partial charge on any atom is -0.360 e. The highest BCUT2D eigenvalue weighted by atomic mass is 32.2. The van der Waals surface area contributed by atoms with E-state index in [0.717, 1.165) is 42.3 Å². The highest BCUT2D eigenvalue weighted by molar-refractivity contribution is 7.97. The van der Waals surface area contributed by atoms with Gasteiger partial charge in [0.15, 0.2) is 17.3 Å². The van der Waals surface area contributed by atoms with Crippen molar-refractivity contribution in [3.8, 4) is 11.4 Å². The van der Waals surface area contributed by atoms with Gasteiger partial charge in [0, 0.05) is 17.0 Å². The second-order valence-electron chi connectivity index (χ2n) is 9.11. The van der Waals surface area contributed by atoms with E-state index in [-0.39, 0.29) is 35.3 Å². The van der Waals surface area contributed by atoms with Crippen LogP contribution in [0.4, 0.5) is 19.0 Å². The van der Waals surface area contributed by atoms with Crippen LogP contribution in [0.2, 0.25) is 0 Å². The number of halogens is 3. The average molecular weight is 544 g/mol. The van der Waals surface area contributed by atoms with Crippen LogP contribution in [-0.4, -0.2) is 40.6 Å². The maximum atomic E-state index is 14.0.